The standard InChI is InChI=1S/C25H33N3O5/c1-26-25(31)22(17-19-11-5-2-6-12-19)27-24(30)20(18-23(29)28-32)13-7-4-10-16-33-21-14-8-3-9-15-21/h2-3,5-6,8-9,11-12,14-15,20,22,32H,4,7,10,13,16-18H2,1H3,(H,26,31)(H,27,30)(H,28,29)/t20-,22+/m1/s1. The first-order chi connectivity index (χ1) is 16.0. The molecule has 0 aliphatic rings. The van der Waals surface area contributed by atoms with Gasteiger partial charge in [0, 0.05) is 25.8 Å². The molecule has 178 valence electrons. The van der Waals surface area contributed by atoms with Gasteiger partial charge < -0.3 is 15.4 Å². The van der Waals surface area contributed by atoms with Crippen molar-refractivity contribution in [2.45, 2.75) is 44.6 Å². The monoisotopic (exact) mass is 455 g/mol. The number of hydroxylamine groups is 1. The molecule has 2 aromatic rings. The van der Waals surface area contributed by atoms with Crippen LogP contribution in [0.5, 0.6) is 5.75 Å². The van der Waals surface area contributed by atoms with Gasteiger partial charge in [-0.1, -0.05) is 61.4 Å². The average Bonchev–Trinajstić information content (AvgIpc) is 2.85. The highest BCUT2D eigenvalue weighted by Crippen LogP contribution is 2.16. The van der Waals surface area contributed by atoms with Crippen LogP contribution in [0.4, 0.5) is 0 Å². The van der Waals surface area contributed by atoms with E-state index in [-0.39, 0.29) is 18.2 Å². The summed E-state index contributed by atoms with van der Waals surface area (Å²) in [6.07, 6.45) is 2.97. The predicted octanol–water partition coefficient (Wildman–Crippen LogP) is 2.61. The Morgan fingerprint density at radius 2 is 1.58 bits per heavy atom. The summed E-state index contributed by atoms with van der Waals surface area (Å²) in [4.78, 5) is 37.0. The fraction of sp³-hybridized carbons (Fsp3) is 0.400. The maximum atomic E-state index is 12.9. The smallest absolute Gasteiger partial charge is 0.244 e. The Balaban J connectivity index is 1.88. The zero-order chi connectivity index (χ0) is 23.9. The molecule has 0 saturated carbocycles. The number of likely N-dealkylation sites (N-methyl/N-ethyl adjacent to an activating group) is 1. The van der Waals surface area contributed by atoms with Crippen molar-refractivity contribution < 1.29 is 24.3 Å². The van der Waals surface area contributed by atoms with Gasteiger partial charge in [-0.05, 0) is 30.5 Å². The molecule has 3 amide bonds. The summed E-state index contributed by atoms with van der Waals surface area (Å²) in [6, 6.07) is 18.2. The Bertz CT molecular complexity index is 861. The van der Waals surface area contributed by atoms with Gasteiger partial charge in [0.15, 0.2) is 0 Å². The molecular formula is C25H33N3O5. The van der Waals surface area contributed by atoms with E-state index in [9.17, 15) is 14.4 Å². The van der Waals surface area contributed by atoms with Crippen LogP contribution in [-0.2, 0) is 20.8 Å². The van der Waals surface area contributed by atoms with Gasteiger partial charge in [0.05, 0.1) is 6.61 Å². The topological polar surface area (TPSA) is 117 Å². The van der Waals surface area contributed by atoms with E-state index in [4.69, 9.17) is 9.94 Å². The molecule has 2 aromatic carbocycles. The Morgan fingerprint density at radius 3 is 2.21 bits per heavy atom. The third-order valence-electron chi connectivity index (χ3n) is 5.30. The molecule has 0 spiro atoms. The molecule has 0 aliphatic heterocycles. The first-order valence-corrected chi connectivity index (χ1v) is 11.2. The lowest BCUT2D eigenvalue weighted by atomic mass is 9.95. The third kappa shape index (κ3) is 9.74. The van der Waals surface area contributed by atoms with Crippen LogP contribution in [0.2, 0.25) is 0 Å². The second kappa shape index (κ2) is 14.6. The molecule has 4 N–H and O–H groups in total. The number of unbranched alkanes of at least 4 members (excludes halogenated alkanes) is 2. The van der Waals surface area contributed by atoms with Gasteiger partial charge in [-0.3, -0.25) is 19.6 Å². The fourth-order valence-corrected chi connectivity index (χ4v) is 3.49. The normalized spacial score (nSPS) is 12.3. The number of hydrogen-bond acceptors (Lipinski definition) is 5. The minimum atomic E-state index is -0.760. The largest absolute Gasteiger partial charge is 0.494 e. The van der Waals surface area contributed by atoms with E-state index in [0.717, 1.165) is 24.2 Å². The predicted molar refractivity (Wildman–Crippen MR) is 125 cm³/mol. The Labute approximate surface area is 194 Å². The van der Waals surface area contributed by atoms with Crippen LogP contribution >= 0.6 is 0 Å². The van der Waals surface area contributed by atoms with E-state index in [1.807, 2.05) is 60.7 Å². The summed E-state index contributed by atoms with van der Waals surface area (Å²) in [5.41, 5.74) is 2.50. The molecule has 2 atom stereocenters. The van der Waals surface area contributed by atoms with E-state index in [1.165, 1.54) is 7.05 Å². The van der Waals surface area contributed by atoms with Crippen LogP contribution in [0.15, 0.2) is 60.7 Å². The minimum Gasteiger partial charge on any atom is -0.494 e. The first-order valence-electron chi connectivity index (χ1n) is 11.2. The molecule has 0 aromatic heterocycles. The van der Waals surface area contributed by atoms with Crippen LogP contribution < -0.4 is 20.9 Å². The van der Waals surface area contributed by atoms with Crippen molar-refractivity contribution in [1.29, 1.82) is 0 Å². The number of amides is 3. The molecule has 33 heavy (non-hydrogen) atoms. The second-order valence-corrected chi connectivity index (χ2v) is 7.81. The summed E-state index contributed by atoms with van der Waals surface area (Å²) in [5, 5.41) is 14.3. The van der Waals surface area contributed by atoms with Gasteiger partial charge in [-0.25, -0.2) is 5.48 Å². The van der Waals surface area contributed by atoms with Crippen molar-refractivity contribution in [3.8, 4) is 5.75 Å². The van der Waals surface area contributed by atoms with Gasteiger partial charge in [0.1, 0.15) is 11.8 Å². The molecular weight excluding hydrogens is 422 g/mol. The minimum absolute atomic E-state index is 0.158. The van der Waals surface area contributed by atoms with E-state index in [2.05, 4.69) is 10.6 Å². The Morgan fingerprint density at radius 1 is 0.909 bits per heavy atom. The SMILES string of the molecule is CNC(=O)[C@H](Cc1ccccc1)NC(=O)[C@H](CCCCCOc1ccccc1)CC(=O)NO. The summed E-state index contributed by atoms with van der Waals surface area (Å²) in [5.74, 6) is -1.18. The molecule has 8 nitrogen and oxygen atoms in total. The van der Waals surface area contributed by atoms with Crippen LogP contribution in [0.1, 0.15) is 37.7 Å². The summed E-state index contributed by atoms with van der Waals surface area (Å²) >= 11 is 0. The molecule has 0 heterocycles. The van der Waals surface area contributed by atoms with Crippen molar-refractivity contribution in [2.75, 3.05) is 13.7 Å². The number of rotatable bonds is 14. The van der Waals surface area contributed by atoms with E-state index in [1.54, 1.807) is 5.48 Å². The highest BCUT2D eigenvalue weighted by atomic mass is 16.5. The molecule has 0 unspecified atom stereocenters. The van der Waals surface area contributed by atoms with Crippen LogP contribution in [-0.4, -0.2) is 42.6 Å². The van der Waals surface area contributed by atoms with Crippen LogP contribution in [0.25, 0.3) is 0 Å². The number of benzene rings is 2. The zero-order valence-corrected chi connectivity index (χ0v) is 19.0. The van der Waals surface area contributed by atoms with Gasteiger partial charge >= 0.3 is 0 Å². The highest BCUT2D eigenvalue weighted by molar-refractivity contribution is 5.90. The molecule has 2 rings (SSSR count). The number of nitrogens with one attached hydrogen (secondary N) is 3. The van der Waals surface area contributed by atoms with Gasteiger partial charge in [0.2, 0.25) is 17.7 Å². The Hall–Kier alpha value is -3.39. The molecule has 0 saturated heterocycles. The van der Waals surface area contributed by atoms with E-state index >= 15 is 0 Å². The lowest BCUT2D eigenvalue weighted by molar-refractivity contribution is -0.136. The maximum Gasteiger partial charge on any atom is 0.244 e. The van der Waals surface area contributed by atoms with Crippen LogP contribution in [0, 0.1) is 5.92 Å². The number of carbonyl (C=O) groups is 3. The quantitative estimate of drug-likeness (QED) is 0.198. The van der Waals surface area contributed by atoms with Gasteiger partial charge in [-0.15, -0.1) is 0 Å². The molecule has 0 fully saturated rings. The summed E-state index contributed by atoms with van der Waals surface area (Å²) in [6.45, 7) is 0.563. The molecule has 0 bridgehead atoms. The number of para-hydroxylation sites is 1. The average molecular weight is 456 g/mol. The number of hydrogen-bond donors (Lipinski definition) is 4. The highest BCUT2D eigenvalue weighted by Gasteiger charge is 2.26. The summed E-state index contributed by atoms with van der Waals surface area (Å²) < 4.78 is 5.67. The van der Waals surface area contributed by atoms with Crippen molar-refractivity contribution in [3.05, 3.63) is 66.2 Å². The third-order valence-corrected chi connectivity index (χ3v) is 5.30. The summed E-state index contributed by atoms with van der Waals surface area (Å²) in [7, 11) is 1.51. The second-order valence-electron chi connectivity index (χ2n) is 7.81. The van der Waals surface area contributed by atoms with Gasteiger partial charge in [-0.2, -0.15) is 0 Å². The first kappa shape index (κ1) is 25.9. The van der Waals surface area contributed by atoms with Gasteiger partial charge in [0.25, 0.3) is 0 Å². The number of ether oxygens (including phenoxy) is 1. The molecule has 0 radical (unpaired) electrons. The fourth-order valence-electron chi connectivity index (χ4n) is 3.49. The van der Waals surface area contributed by atoms with Crippen LogP contribution in [0.3, 0.4) is 0 Å². The van der Waals surface area contributed by atoms with Crippen molar-refractivity contribution >= 4 is 17.7 Å². The zero-order valence-electron chi connectivity index (χ0n) is 19.0. The lowest BCUT2D eigenvalue weighted by Crippen LogP contribution is -2.49. The molecule has 8 heteroatoms. The van der Waals surface area contributed by atoms with E-state index in [0.29, 0.717) is 25.9 Å². The number of carbonyl (C=O) groups excluding carboxylic acids is 3. The molecule has 0 aliphatic carbocycles. The van der Waals surface area contributed by atoms with Crippen molar-refractivity contribution in [3.63, 3.8) is 0 Å². The lowest BCUT2D eigenvalue weighted by Gasteiger charge is -2.22. The maximum absolute atomic E-state index is 12.9. The Kier molecular flexibility index (Phi) is 11.5. The van der Waals surface area contributed by atoms with Crippen molar-refractivity contribution in [2.24, 2.45) is 5.92 Å². The van der Waals surface area contributed by atoms with E-state index < -0.39 is 17.9 Å². The van der Waals surface area contributed by atoms with Crippen molar-refractivity contribution in [1.82, 2.24) is 16.1 Å².